The summed E-state index contributed by atoms with van der Waals surface area (Å²) in [6, 6.07) is 17.5. The number of hydrogen-bond donors (Lipinski definition) is 2. The smallest absolute Gasteiger partial charge is 0.225 e. The fourth-order valence-corrected chi connectivity index (χ4v) is 3.58. The molecule has 4 nitrogen and oxygen atoms in total. The van der Waals surface area contributed by atoms with Crippen LogP contribution < -0.4 is 10.6 Å². The third-order valence-corrected chi connectivity index (χ3v) is 5.18. The van der Waals surface area contributed by atoms with Gasteiger partial charge in [-0.05, 0) is 37.5 Å². The summed E-state index contributed by atoms with van der Waals surface area (Å²) in [5.41, 5.74) is 3.15. The zero-order chi connectivity index (χ0) is 19.3. The van der Waals surface area contributed by atoms with E-state index in [1.165, 1.54) is 25.3 Å². The SMILES string of the molecule is Cc1ccc(Nc2cc(-c3ccccc3)nc(NC3CCCCC3)n2)cc1F. The van der Waals surface area contributed by atoms with Gasteiger partial charge in [0, 0.05) is 23.4 Å². The van der Waals surface area contributed by atoms with E-state index in [-0.39, 0.29) is 5.82 Å². The number of anilines is 3. The van der Waals surface area contributed by atoms with E-state index < -0.39 is 0 Å². The van der Waals surface area contributed by atoms with Crippen molar-refractivity contribution in [3.63, 3.8) is 0 Å². The summed E-state index contributed by atoms with van der Waals surface area (Å²) in [6.45, 7) is 1.75. The van der Waals surface area contributed by atoms with E-state index in [2.05, 4.69) is 15.6 Å². The van der Waals surface area contributed by atoms with Crippen molar-refractivity contribution in [3.05, 3.63) is 66.0 Å². The first-order valence-corrected chi connectivity index (χ1v) is 9.91. The molecular formula is C23H25FN4. The third kappa shape index (κ3) is 4.47. The Hall–Kier alpha value is -2.95. The summed E-state index contributed by atoms with van der Waals surface area (Å²) >= 11 is 0. The van der Waals surface area contributed by atoms with Gasteiger partial charge in [0.2, 0.25) is 5.95 Å². The molecule has 2 aromatic carbocycles. The third-order valence-electron chi connectivity index (χ3n) is 5.18. The number of halogens is 1. The summed E-state index contributed by atoms with van der Waals surface area (Å²) in [4.78, 5) is 9.38. The van der Waals surface area contributed by atoms with Crippen molar-refractivity contribution in [2.24, 2.45) is 0 Å². The maximum atomic E-state index is 13.9. The molecule has 0 saturated heterocycles. The molecule has 1 heterocycles. The number of rotatable bonds is 5. The zero-order valence-corrected chi connectivity index (χ0v) is 16.1. The van der Waals surface area contributed by atoms with Gasteiger partial charge in [-0.2, -0.15) is 4.98 Å². The van der Waals surface area contributed by atoms with Crippen molar-refractivity contribution in [1.29, 1.82) is 0 Å². The molecule has 1 fully saturated rings. The van der Waals surface area contributed by atoms with Crippen molar-refractivity contribution >= 4 is 17.5 Å². The minimum Gasteiger partial charge on any atom is -0.351 e. The van der Waals surface area contributed by atoms with Gasteiger partial charge in [-0.3, -0.25) is 0 Å². The molecule has 28 heavy (non-hydrogen) atoms. The summed E-state index contributed by atoms with van der Waals surface area (Å²) in [5.74, 6) is 1.03. The first kappa shape index (κ1) is 18.4. The van der Waals surface area contributed by atoms with E-state index >= 15 is 0 Å². The highest BCUT2D eigenvalue weighted by Crippen LogP contribution is 2.26. The van der Waals surface area contributed by atoms with E-state index in [9.17, 15) is 4.39 Å². The average molecular weight is 376 g/mol. The lowest BCUT2D eigenvalue weighted by molar-refractivity contribution is 0.461. The van der Waals surface area contributed by atoms with Crippen LogP contribution in [0.3, 0.4) is 0 Å². The van der Waals surface area contributed by atoms with Gasteiger partial charge in [0.1, 0.15) is 11.6 Å². The normalized spacial score (nSPS) is 14.6. The van der Waals surface area contributed by atoms with Crippen molar-refractivity contribution in [2.45, 2.75) is 45.1 Å². The first-order valence-electron chi connectivity index (χ1n) is 9.91. The number of nitrogens with zero attached hydrogens (tertiary/aromatic N) is 2. The molecule has 4 rings (SSSR count). The summed E-state index contributed by atoms with van der Waals surface area (Å²) in [5, 5.41) is 6.73. The molecule has 0 unspecified atom stereocenters. The quantitative estimate of drug-likeness (QED) is 0.567. The number of aryl methyl sites for hydroxylation is 1. The number of nitrogens with one attached hydrogen (secondary N) is 2. The molecule has 0 spiro atoms. The summed E-state index contributed by atoms with van der Waals surface area (Å²) < 4.78 is 13.9. The van der Waals surface area contributed by atoms with E-state index in [0.29, 0.717) is 29.1 Å². The van der Waals surface area contributed by atoms with Gasteiger partial charge < -0.3 is 10.6 Å². The first-order chi connectivity index (χ1) is 13.7. The Morgan fingerprint density at radius 1 is 0.929 bits per heavy atom. The Labute approximate surface area is 165 Å². The van der Waals surface area contributed by atoms with Crippen LogP contribution in [0.15, 0.2) is 54.6 Å². The van der Waals surface area contributed by atoms with Crippen LogP contribution >= 0.6 is 0 Å². The maximum Gasteiger partial charge on any atom is 0.225 e. The van der Waals surface area contributed by atoms with Crippen molar-refractivity contribution in [3.8, 4) is 11.3 Å². The van der Waals surface area contributed by atoms with Crippen molar-refractivity contribution in [1.82, 2.24) is 9.97 Å². The summed E-state index contributed by atoms with van der Waals surface area (Å²) in [7, 11) is 0. The lowest BCUT2D eigenvalue weighted by atomic mass is 9.96. The molecule has 144 valence electrons. The molecule has 5 heteroatoms. The van der Waals surface area contributed by atoms with Crippen LogP contribution in [0.2, 0.25) is 0 Å². The van der Waals surface area contributed by atoms with Gasteiger partial charge in [0.05, 0.1) is 5.69 Å². The minimum absolute atomic E-state index is 0.233. The molecule has 3 aromatic rings. The van der Waals surface area contributed by atoms with Gasteiger partial charge in [-0.1, -0.05) is 55.7 Å². The Balaban J connectivity index is 1.65. The van der Waals surface area contributed by atoms with E-state index in [4.69, 9.17) is 4.98 Å². The molecule has 1 saturated carbocycles. The van der Waals surface area contributed by atoms with E-state index in [1.807, 2.05) is 42.5 Å². The van der Waals surface area contributed by atoms with E-state index in [0.717, 1.165) is 24.1 Å². The van der Waals surface area contributed by atoms with Crippen molar-refractivity contribution in [2.75, 3.05) is 10.6 Å². The topological polar surface area (TPSA) is 49.8 Å². The number of aromatic nitrogens is 2. The standard InChI is InChI=1S/C23H25FN4/c1-16-12-13-19(14-20(16)24)25-22-15-21(17-8-4-2-5-9-17)27-23(28-22)26-18-10-6-3-7-11-18/h2,4-5,8-9,12-15,18H,3,6-7,10-11H2,1H3,(H2,25,26,27,28). The van der Waals surface area contributed by atoms with Gasteiger partial charge >= 0.3 is 0 Å². The van der Waals surface area contributed by atoms with Crippen LogP contribution in [0.25, 0.3) is 11.3 Å². The lowest BCUT2D eigenvalue weighted by Crippen LogP contribution is -2.23. The van der Waals surface area contributed by atoms with Crippen molar-refractivity contribution < 1.29 is 4.39 Å². The Morgan fingerprint density at radius 3 is 2.46 bits per heavy atom. The van der Waals surface area contributed by atoms with Gasteiger partial charge in [0.15, 0.2) is 0 Å². The largest absolute Gasteiger partial charge is 0.351 e. The Morgan fingerprint density at radius 2 is 1.71 bits per heavy atom. The molecule has 0 atom stereocenters. The van der Waals surface area contributed by atoms with Crippen LogP contribution in [0.5, 0.6) is 0 Å². The van der Waals surface area contributed by atoms with E-state index in [1.54, 1.807) is 13.0 Å². The molecule has 1 aliphatic rings. The Kier molecular flexibility index (Phi) is 5.51. The highest BCUT2D eigenvalue weighted by atomic mass is 19.1. The molecule has 0 bridgehead atoms. The number of hydrogen-bond acceptors (Lipinski definition) is 4. The fourth-order valence-electron chi connectivity index (χ4n) is 3.58. The second kappa shape index (κ2) is 8.38. The fraction of sp³-hybridized carbons (Fsp3) is 0.304. The van der Waals surface area contributed by atoms with Gasteiger partial charge in [0.25, 0.3) is 0 Å². The monoisotopic (exact) mass is 376 g/mol. The van der Waals surface area contributed by atoms with Crippen LogP contribution in [0, 0.1) is 12.7 Å². The predicted molar refractivity (Wildman–Crippen MR) is 112 cm³/mol. The predicted octanol–water partition coefficient (Wildman–Crippen LogP) is 6.08. The van der Waals surface area contributed by atoms with Crippen LogP contribution in [0.1, 0.15) is 37.7 Å². The molecule has 2 N–H and O–H groups in total. The molecule has 0 radical (unpaired) electrons. The molecular weight excluding hydrogens is 351 g/mol. The molecule has 0 aliphatic heterocycles. The van der Waals surface area contributed by atoms with Gasteiger partial charge in [-0.25, -0.2) is 9.37 Å². The zero-order valence-electron chi connectivity index (χ0n) is 16.1. The number of benzene rings is 2. The minimum atomic E-state index is -0.233. The van der Waals surface area contributed by atoms with Gasteiger partial charge in [-0.15, -0.1) is 0 Å². The molecule has 0 amide bonds. The van der Waals surface area contributed by atoms with Crippen LogP contribution in [-0.4, -0.2) is 16.0 Å². The summed E-state index contributed by atoms with van der Waals surface area (Å²) in [6.07, 6.45) is 6.07. The highest BCUT2D eigenvalue weighted by Gasteiger charge is 2.15. The lowest BCUT2D eigenvalue weighted by Gasteiger charge is -2.23. The second-order valence-electron chi connectivity index (χ2n) is 7.40. The Bertz CT molecular complexity index is 937. The van der Waals surface area contributed by atoms with Crippen LogP contribution in [-0.2, 0) is 0 Å². The highest BCUT2D eigenvalue weighted by molar-refractivity contribution is 5.67. The average Bonchev–Trinajstić information content (AvgIpc) is 2.72. The molecule has 1 aliphatic carbocycles. The second-order valence-corrected chi connectivity index (χ2v) is 7.40. The maximum absolute atomic E-state index is 13.9. The van der Waals surface area contributed by atoms with Crippen LogP contribution in [0.4, 0.5) is 21.8 Å². The molecule has 1 aromatic heterocycles.